The number of aromatic hydroxyl groups is 1. The van der Waals surface area contributed by atoms with Crippen LogP contribution in [0.5, 0.6) is 5.75 Å². The molecule has 0 aromatic heterocycles. The van der Waals surface area contributed by atoms with E-state index < -0.39 is 76.1 Å². The van der Waals surface area contributed by atoms with Gasteiger partial charge in [0.25, 0.3) is 0 Å². The molecule has 3 aliphatic rings. The third kappa shape index (κ3) is 9.38. The number of carbonyl (C=O) groups excluding carboxylic acids is 5. The second kappa shape index (κ2) is 17.1. The Bertz CT molecular complexity index is 1770. The van der Waals surface area contributed by atoms with Gasteiger partial charge in [0.2, 0.25) is 17.5 Å². The molecular formula is C39H46N2O9. The number of allylic oxidation sites excluding steroid dienone is 8. The highest BCUT2D eigenvalue weighted by atomic mass is 16.3. The predicted octanol–water partition coefficient (Wildman–Crippen LogP) is 4.02. The van der Waals surface area contributed by atoms with Crippen LogP contribution in [0.15, 0.2) is 89.4 Å². The summed E-state index contributed by atoms with van der Waals surface area (Å²) in [5.74, 6) is -5.49. The van der Waals surface area contributed by atoms with E-state index in [1.165, 1.54) is 44.2 Å². The molecule has 0 radical (unpaired) electrons. The van der Waals surface area contributed by atoms with E-state index in [0.29, 0.717) is 5.57 Å². The Balaban J connectivity index is 2.05. The molecule has 4 rings (SSSR count). The summed E-state index contributed by atoms with van der Waals surface area (Å²) in [6.07, 6.45) is 12.2. The number of Topliss-reactive ketones (excluding diaryl/α,β-unsaturated/α-hetero) is 4. The van der Waals surface area contributed by atoms with Gasteiger partial charge in [0.1, 0.15) is 17.1 Å². The number of amides is 1. The van der Waals surface area contributed by atoms with E-state index in [1.54, 1.807) is 58.1 Å². The zero-order valence-electron chi connectivity index (χ0n) is 29.1. The topological polar surface area (TPSA) is 204 Å². The van der Waals surface area contributed by atoms with Crippen molar-refractivity contribution >= 4 is 29.0 Å². The Morgan fingerprint density at radius 1 is 0.760 bits per heavy atom. The van der Waals surface area contributed by atoms with Crippen molar-refractivity contribution in [3.63, 3.8) is 0 Å². The maximum absolute atomic E-state index is 13.8. The lowest BCUT2D eigenvalue weighted by atomic mass is 9.82. The van der Waals surface area contributed by atoms with Gasteiger partial charge in [-0.2, -0.15) is 0 Å². The van der Waals surface area contributed by atoms with Crippen LogP contribution in [-0.4, -0.2) is 67.8 Å². The smallest absolute Gasteiger partial charge is 0.248 e. The lowest BCUT2D eigenvalue weighted by molar-refractivity contribution is -0.118. The Hall–Kier alpha value is -4.97. The first-order valence-corrected chi connectivity index (χ1v) is 16.4. The number of aliphatic hydroxyl groups excluding tert-OH is 3. The highest BCUT2D eigenvalue weighted by Gasteiger charge is 2.37. The molecule has 7 N–H and O–H groups in total. The quantitative estimate of drug-likeness (QED) is 0.216. The maximum Gasteiger partial charge on any atom is 0.248 e. The minimum absolute atomic E-state index is 0.0829. The molecule has 0 fully saturated rings. The first-order valence-electron chi connectivity index (χ1n) is 16.4. The van der Waals surface area contributed by atoms with E-state index in [0.717, 1.165) is 6.08 Å². The number of fused-ring (bicyclic) bond motifs is 18. The molecule has 11 heteroatoms. The van der Waals surface area contributed by atoms with Crippen LogP contribution in [0.25, 0.3) is 0 Å². The number of aryl methyl sites for hydroxylation is 1. The Morgan fingerprint density at radius 2 is 1.42 bits per heavy atom. The van der Waals surface area contributed by atoms with Gasteiger partial charge in [-0.15, -0.1) is 0 Å². The SMILES string of the molecule is CC1=CCC(O)/C=C\C(C)C(O)C(C)C=C(C)C(=O)c2c(O)c(C)cc3c2C(=O)C(N)=C(NC(=O)C=C/C=C\C=C/C(C)C(O)CC1=O)C3=O. The number of rotatable bonds is 0. The average Bonchev–Trinajstić information content (AvgIpc) is 3.07. The number of nitrogens with two attached hydrogens (primary N) is 1. The fourth-order valence-electron chi connectivity index (χ4n) is 5.57. The molecule has 50 heavy (non-hydrogen) atoms. The Labute approximate surface area is 292 Å². The van der Waals surface area contributed by atoms with E-state index in [2.05, 4.69) is 5.32 Å². The molecule has 4 bridgehead atoms. The number of phenols is 1. The summed E-state index contributed by atoms with van der Waals surface area (Å²) in [6, 6.07) is 1.25. The highest BCUT2D eigenvalue weighted by Crippen LogP contribution is 2.36. The van der Waals surface area contributed by atoms with Crippen LogP contribution in [0, 0.1) is 24.7 Å². The van der Waals surface area contributed by atoms with Crippen LogP contribution >= 0.6 is 0 Å². The van der Waals surface area contributed by atoms with E-state index in [1.807, 2.05) is 0 Å². The summed E-state index contributed by atoms with van der Waals surface area (Å²) in [6.45, 7) is 9.67. The van der Waals surface area contributed by atoms with Gasteiger partial charge in [0.05, 0.1) is 29.4 Å². The molecule has 11 nitrogen and oxygen atoms in total. The van der Waals surface area contributed by atoms with Gasteiger partial charge >= 0.3 is 0 Å². The van der Waals surface area contributed by atoms with Gasteiger partial charge in [0, 0.05) is 35.8 Å². The molecule has 1 aliphatic carbocycles. The van der Waals surface area contributed by atoms with Crippen molar-refractivity contribution in [1.82, 2.24) is 5.32 Å². The third-order valence-electron chi connectivity index (χ3n) is 8.87. The van der Waals surface area contributed by atoms with Gasteiger partial charge in [-0.3, -0.25) is 24.0 Å². The van der Waals surface area contributed by atoms with Gasteiger partial charge in [0.15, 0.2) is 11.6 Å². The number of hydrogen-bond donors (Lipinski definition) is 6. The minimum Gasteiger partial charge on any atom is -0.507 e. The number of aliphatic hydroxyl groups is 3. The van der Waals surface area contributed by atoms with Crippen LogP contribution in [-0.2, 0) is 9.59 Å². The van der Waals surface area contributed by atoms with Gasteiger partial charge in [-0.25, -0.2) is 0 Å². The zero-order chi connectivity index (χ0) is 37.4. The fraction of sp³-hybridized carbons (Fsp3) is 0.359. The van der Waals surface area contributed by atoms with Crippen molar-refractivity contribution < 1.29 is 44.4 Å². The van der Waals surface area contributed by atoms with Gasteiger partial charge in [-0.1, -0.05) is 75.5 Å². The molecule has 266 valence electrons. The summed E-state index contributed by atoms with van der Waals surface area (Å²) in [4.78, 5) is 66.2. The lowest BCUT2D eigenvalue weighted by Gasteiger charge is -2.23. The molecule has 6 unspecified atom stereocenters. The monoisotopic (exact) mass is 686 g/mol. The van der Waals surface area contributed by atoms with E-state index in [4.69, 9.17) is 5.73 Å². The number of carbonyl (C=O) groups is 5. The summed E-state index contributed by atoms with van der Waals surface area (Å²) < 4.78 is 0. The second-order valence-electron chi connectivity index (χ2n) is 12.9. The molecule has 1 aromatic rings. The van der Waals surface area contributed by atoms with Crippen molar-refractivity contribution in [1.29, 1.82) is 0 Å². The number of benzene rings is 1. The van der Waals surface area contributed by atoms with Crippen LogP contribution in [0.1, 0.15) is 84.1 Å². The predicted molar refractivity (Wildman–Crippen MR) is 189 cm³/mol. The normalized spacial score (nSPS) is 28.6. The average molecular weight is 687 g/mol. The second-order valence-corrected chi connectivity index (χ2v) is 12.9. The van der Waals surface area contributed by atoms with Crippen molar-refractivity contribution in [2.75, 3.05) is 0 Å². The van der Waals surface area contributed by atoms with E-state index >= 15 is 0 Å². The van der Waals surface area contributed by atoms with Crippen LogP contribution in [0.3, 0.4) is 0 Å². The fourth-order valence-corrected chi connectivity index (χ4v) is 5.57. The van der Waals surface area contributed by atoms with Crippen LogP contribution < -0.4 is 11.1 Å². The molecular weight excluding hydrogens is 640 g/mol. The largest absolute Gasteiger partial charge is 0.507 e. The molecule has 0 spiro atoms. The maximum atomic E-state index is 13.8. The standard InChI is InChI=1S/C39H46N2O9/c1-20-11-9-7-8-10-12-30(45)41-34-33(40)39(50)31-27(38(34)49)18-25(6)37(48)32(31)36(47)24(5)17-23(4)35(46)22(3)14-16-26(42)15-13-21(2)29(44)19-28(20)43/h7-14,16-18,20,22-23,26,28,35,42-43,46,48H,15,19,40H2,1-6H3,(H,41,45)/b8-7-,11-9-,12-10?,16-14-,21-13?,24-17?. The minimum atomic E-state index is -1.01. The van der Waals surface area contributed by atoms with Crippen molar-refractivity contribution in [3.05, 3.63) is 112 Å². The van der Waals surface area contributed by atoms with Crippen molar-refractivity contribution in [2.45, 2.75) is 72.7 Å². The lowest BCUT2D eigenvalue weighted by Crippen LogP contribution is -2.37. The van der Waals surface area contributed by atoms with Crippen LogP contribution in [0.2, 0.25) is 0 Å². The van der Waals surface area contributed by atoms with Crippen molar-refractivity contribution in [3.8, 4) is 5.75 Å². The third-order valence-corrected chi connectivity index (χ3v) is 8.87. The van der Waals surface area contributed by atoms with Gasteiger partial charge < -0.3 is 31.5 Å². The zero-order valence-corrected chi connectivity index (χ0v) is 29.1. The first-order chi connectivity index (χ1) is 23.5. The number of ketones is 4. The molecule has 0 saturated heterocycles. The molecule has 6 atom stereocenters. The van der Waals surface area contributed by atoms with Crippen molar-refractivity contribution in [2.24, 2.45) is 23.5 Å². The Morgan fingerprint density at radius 3 is 2.10 bits per heavy atom. The molecule has 1 amide bonds. The highest BCUT2D eigenvalue weighted by molar-refractivity contribution is 6.31. The number of hydrogen-bond acceptors (Lipinski definition) is 10. The van der Waals surface area contributed by atoms with Gasteiger partial charge in [-0.05, 0) is 50.0 Å². The van der Waals surface area contributed by atoms with E-state index in [-0.39, 0.29) is 46.8 Å². The first kappa shape index (κ1) is 39.5. The molecule has 2 heterocycles. The summed E-state index contributed by atoms with van der Waals surface area (Å²) in [7, 11) is 0. The number of nitrogens with one attached hydrogen (secondary N) is 1. The number of phenolic OH excluding ortho intramolecular Hbond substituents is 1. The van der Waals surface area contributed by atoms with E-state index in [9.17, 15) is 44.4 Å². The summed E-state index contributed by atoms with van der Waals surface area (Å²) in [5.41, 5.74) is 4.59. The molecule has 2 aliphatic heterocycles. The molecule has 0 saturated carbocycles. The summed E-state index contributed by atoms with van der Waals surface area (Å²) in [5, 5.41) is 45.4. The summed E-state index contributed by atoms with van der Waals surface area (Å²) >= 11 is 0. The van der Waals surface area contributed by atoms with Crippen LogP contribution in [0.4, 0.5) is 0 Å². The molecule has 1 aromatic carbocycles. The Kier molecular flexibility index (Phi) is 13.5.